The van der Waals surface area contributed by atoms with Crippen LogP contribution in [0.15, 0.2) is 30.3 Å². The minimum absolute atomic E-state index is 0.0511. The zero-order chi connectivity index (χ0) is 11.1. The smallest absolute Gasteiger partial charge is 0.186 e. The minimum atomic E-state index is 0.0511. The second kappa shape index (κ2) is 6.41. The van der Waals surface area contributed by atoms with E-state index in [1.807, 2.05) is 26.2 Å². The van der Waals surface area contributed by atoms with E-state index in [2.05, 4.69) is 23.9 Å². The molecule has 1 aromatic rings. The molecule has 0 N–H and O–H groups in total. The van der Waals surface area contributed by atoms with E-state index in [9.17, 15) is 4.79 Å². The Kier molecular flexibility index (Phi) is 5.12. The Bertz CT molecular complexity index is 289. The second-order valence-electron chi connectivity index (χ2n) is 3.89. The van der Waals surface area contributed by atoms with Crippen molar-refractivity contribution in [3.8, 4) is 0 Å². The first kappa shape index (κ1) is 12.0. The molecule has 0 spiro atoms. The summed E-state index contributed by atoms with van der Waals surface area (Å²) < 4.78 is 0. The van der Waals surface area contributed by atoms with Crippen molar-refractivity contribution in [2.45, 2.75) is 32.4 Å². The molecule has 0 aliphatic carbocycles. The van der Waals surface area contributed by atoms with E-state index in [4.69, 9.17) is 0 Å². The lowest BCUT2D eigenvalue weighted by molar-refractivity contribution is -0.111. The number of hydrogen-bond acceptors (Lipinski definition) is 2. The van der Waals surface area contributed by atoms with Crippen molar-refractivity contribution in [2.75, 3.05) is 0 Å². The Morgan fingerprint density at radius 2 is 2.07 bits per heavy atom. The molecule has 0 aliphatic heterocycles. The van der Waals surface area contributed by atoms with Crippen molar-refractivity contribution in [3.63, 3.8) is 0 Å². The molecule has 0 aliphatic rings. The van der Waals surface area contributed by atoms with Crippen LogP contribution < -0.4 is 0 Å². The molecule has 3 heteroatoms. The summed E-state index contributed by atoms with van der Waals surface area (Å²) in [4.78, 5) is 13.0. The molecular formula is C12H18BNO. The molecule has 0 amide bonds. The normalized spacial score (nSPS) is 12.7. The van der Waals surface area contributed by atoms with Crippen LogP contribution in [-0.2, 0) is 11.3 Å². The van der Waals surface area contributed by atoms with Gasteiger partial charge in [0.05, 0.1) is 6.04 Å². The number of carbonyl (C=O) groups is 1. The summed E-state index contributed by atoms with van der Waals surface area (Å²) in [5.74, 6) is 0. The Hall–Kier alpha value is -1.09. The highest BCUT2D eigenvalue weighted by Gasteiger charge is 2.11. The van der Waals surface area contributed by atoms with Crippen molar-refractivity contribution in [1.29, 1.82) is 0 Å². The van der Waals surface area contributed by atoms with E-state index in [-0.39, 0.29) is 6.04 Å². The van der Waals surface area contributed by atoms with Crippen molar-refractivity contribution >= 4 is 14.3 Å². The predicted octanol–water partition coefficient (Wildman–Crippen LogP) is 1.40. The van der Waals surface area contributed by atoms with Crippen LogP contribution in [0.5, 0.6) is 0 Å². The maximum absolute atomic E-state index is 10.9. The van der Waals surface area contributed by atoms with Crippen molar-refractivity contribution < 1.29 is 4.79 Å². The minimum Gasteiger partial charge on any atom is -0.337 e. The van der Waals surface area contributed by atoms with Gasteiger partial charge in [0.15, 0.2) is 7.98 Å². The van der Waals surface area contributed by atoms with Crippen LogP contribution >= 0.6 is 0 Å². The fourth-order valence-electron chi connectivity index (χ4n) is 1.68. The molecule has 0 bridgehead atoms. The highest BCUT2D eigenvalue weighted by molar-refractivity contribution is 6.05. The molecule has 0 radical (unpaired) electrons. The predicted molar refractivity (Wildman–Crippen MR) is 65.3 cm³/mol. The van der Waals surface area contributed by atoms with E-state index in [0.29, 0.717) is 0 Å². The van der Waals surface area contributed by atoms with Gasteiger partial charge in [0, 0.05) is 6.54 Å². The fourth-order valence-corrected chi connectivity index (χ4v) is 1.68. The third-order valence-corrected chi connectivity index (χ3v) is 2.58. The molecule has 0 saturated heterocycles. The van der Waals surface area contributed by atoms with Crippen molar-refractivity contribution in [2.24, 2.45) is 0 Å². The van der Waals surface area contributed by atoms with Crippen molar-refractivity contribution in [3.05, 3.63) is 35.9 Å². The summed E-state index contributed by atoms with van der Waals surface area (Å²) >= 11 is 0. The molecule has 80 valence electrons. The SMILES string of the molecule is BN(Cc1ccccc1)[C@H](C=O)CCC. The van der Waals surface area contributed by atoms with Gasteiger partial charge in [-0.2, -0.15) is 0 Å². The summed E-state index contributed by atoms with van der Waals surface area (Å²) in [5.41, 5.74) is 1.25. The van der Waals surface area contributed by atoms with Gasteiger partial charge in [-0.05, 0) is 12.0 Å². The Labute approximate surface area is 92.7 Å². The zero-order valence-electron chi connectivity index (χ0n) is 9.52. The molecule has 0 saturated carbocycles. The lowest BCUT2D eigenvalue weighted by Crippen LogP contribution is -2.33. The van der Waals surface area contributed by atoms with Crippen LogP contribution in [-0.4, -0.2) is 25.1 Å². The number of hydrogen-bond donors (Lipinski definition) is 0. The number of rotatable bonds is 6. The monoisotopic (exact) mass is 203 g/mol. The first-order chi connectivity index (χ1) is 7.27. The Balaban J connectivity index is 2.53. The number of carbonyl (C=O) groups excluding carboxylic acids is 1. The maximum atomic E-state index is 10.9. The van der Waals surface area contributed by atoms with E-state index < -0.39 is 0 Å². The van der Waals surface area contributed by atoms with E-state index in [0.717, 1.165) is 25.7 Å². The van der Waals surface area contributed by atoms with Gasteiger partial charge in [-0.25, -0.2) is 0 Å². The quantitative estimate of drug-likeness (QED) is 0.514. The molecule has 0 unspecified atom stereocenters. The molecule has 1 aromatic carbocycles. The molecule has 1 atom stereocenters. The summed E-state index contributed by atoms with van der Waals surface area (Å²) in [6, 6.07) is 10.3. The topological polar surface area (TPSA) is 20.3 Å². The highest BCUT2D eigenvalue weighted by atomic mass is 16.1. The van der Waals surface area contributed by atoms with Gasteiger partial charge >= 0.3 is 0 Å². The first-order valence-electron chi connectivity index (χ1n) is 5.47. The van der Waals surface area contributed by atoms with Crippen LogP contribution in [0.4, 0.5) is 0 Å². The molecule has 0 fully saturated rings. The summed E-state index contributed by atoms with van der Waals surface area (Å²) in [5, 5.41) is 0. The lowest BCUT2D eigenvalue weighted by atomic mass is 10.1. The van der Waals surface area contributed by atoms with E-state index >= 15 is 0 Å². The van der Waals surface area contributed by atoms with Crippen LogP contribution in [0.25, 0.3) is 0 Å². The summed E-state index contributed by atoms with van der Waals surface area (Å²) in [7, 11) is 2.00. The second-order valence-corrected chi connectivity index (χ2v) is 3.89. The maximum Gasteiger partial charge on any atom is 0.186 e. The van der Waals surface area contributed by atoms with Gasteiger partial charge in [0.1, 0.15) is 6.29 Å². The molecule has 15 heavy (non-hydrogen) atoms. The molecular weight excluding hydrogens is 185 g/mol. The molecule has 0 heterocycles. The Morgan fingerprint density at radius 1 is 1.40 bits per heavy atom. The van der Waals surface area contributed by atoms with Crippen LogP contribution in [0.2, 0.25) is 0 Å². The van der Waals surface area contributed by atoms with Gasteiger partial charge in [-0.1, -0.05) is 43.7 Å². The third-order valence-electron chi connectivity index (χ3n) is 2.58. The number of benzene rings is 1. The third kappa shape index (κ3) is 3.88. The van der Waals surface area contributed by atoms with Crippen LogP contribution in [0.1, 0.15) is 25.3 Å². The largest absolute Gasteiger partial charge is 0.337 e. The average Bonchev–Trinajstić information content (AvgIpc) is 2.27. The highest BCUT2D eigenvalue weighted by Crippen LogP contribution is 2.07. The lowest BCUT2D eigenvalue weighted by Gasteiger charge is -2.23. The van der Waals surface area contributed by atoms with E-state index in [1.54, 1.807) is 0 Å². The standard InChI is InChI=1S/C12H18BNO/c1-2-6-12(10-15)14(13)9-11-7-4-3-5-8-11/h3-5,7-8,10,12H,2,6,9,13H2,1H3/t12-/m0/s1. The van der Waals surface area contributed by atoms with Crippen molar-refractivity contribution in [1.82, 2.24) is 4.81 Å². The summed E-state index contributed by atoms with van der Waals surface area (Å²) in [6.45, 7) is 2.94. The molecule has 0 aromatic heterocycles. The molecule has 1 rings (SSSR count). The number of aldehydes is 1. The van der Waals surface area contributed by atoms with E-state index in [1.165, 1.54) is 5.56 Å². The van der Waals surface area contributed by atoms with Crippen LogP contribution in [0, 0.1) is 0 Å². The zero-order valence-corrected chi connectivity index (χ0v) is 9.52. The molecule has 2 nitrogen and oxygen atoms in total. The number of nitrogens with zero attached hydrogens (tertiary/aromatic N) is 1. The fraction of sp³-hybridized carbons (Fsp3) is 0.417. The summed E-state index contributed by atoms with van der Waals surface area (Å²) in [6.07, 6.45) is 3.03. The van der Waals surface area contributed by atoms with Gasteiger partial charge < -0.3 is 9.61 Å². The van der Waals surface area contributed by atoms with Gasteiger partial charge in [-0.3, -0.25) is 0 Å². The van der Waals surface area contributed by atoms with Gasteiger partial charge in [0.2, 0.25) is 0 Å². The van der Waals surface area contributed by atoms with Crippen LogP contribution in [0.3, 0.4) is 0 Å². The first-order valence-corrected chi connectivity index (χ1v) is 5.47. The van der Waals surface area contributed by atoms with Gasteiger partial charge in [-0.15, -0.1) is 0 Å². The average molecular weight is 203 g/mol. The Morgan fingerprint density at radius 3 is 2.60 bits per heavy atom. The van der Waals surface area contributed by atoms with Gasteiger partial charge in [0.25, 0.3) is 0 Å².